The molecular formula is C11H19N3. The van der Waals surface area contributed by atoms with Gasteiger partial charge < -0.3 is 9.88 Å². The Labute approximate surface area is 85.5 Å². The van der Waals surface area contributed by atoms with Crippen LogP contribution in [0.25, 0.3) is 0 Å². The van der Waals surface area contributed by atoms with Gasteiger partial charge in [0.15, 0.2) is 0 Å². The van der Waals surface area contributed by atoms with E-state index in [4.69, 9.17) is 0 Å². The molecule has 2 rings (SSSR count). The molecule has 1 saturated heterocycles. The van der Waals surface area contributed by atoms with Gasteiger partial charge in [0.25, 0.3) is 0 Å². The minimum absolute atomic E-state index is 0.598. The zero-order valence-corrected chi connectivity index (χ0v) is 9.03. The molecule has 0 spiro atoms. The minimum Gasteiger partial charge on any atom is -0.330 e. The smallest absolute Gasteiger partial charge is 0.0951 e. The van der Waals surface area contributed by atoms with Crippen LogP contribution in [-0.2, 0) is 6.42 Å². The van der Waals surface area contributed by atoms with Crippen molar-refractivity contribution in [1.29, 1.82) is 0 Å². The molecule has 1 N–H and O–H groups in total. The summed E-state index contributed by atoms with van der Waals surface area (Å²) >= 11 is 0. The molecule has 2 heterocycles. The molecule has 0 aromatic carbocycles. The fourth-order valence-corrected chi connectivity index (χ4v) is 2.25. The highest BCUT2D eigenvalue weighted by Crippen LogP contribution is 2.24. The quantitative estimate of drug-likeness (QED) is 0.773. The lowest BCUT2D eigenvalue weighted by atomic mass is 9.94. The van der Waals surface area contributed by atoms with E-state index in [0.717, 1.165) is 25.4 Å². The lowest BCUT2D eigenvalue weighted by Gasteiger charge is -2.31. The number of nitrogens with one attached hydrogen (secondary N) is 1. The summed E-state index contributed by atoms with van der Waals surface area (Å²) in [7, 11) is 0. The van der Waals surface area contributed by atoms with Gasteiger partial charge in [-0.3, -0.25) is 0 Å². The zero-order chi connectivity index (χ0) is 9.97. The van der Waals surface area contributed by atoms with Crippen molar-refractivity contribution in [3.05, 3.63) is 18.2 Å². The van der Waals surface area contributed by atoms with Gasteiger partial charge >= 0.3 is 0 Å². The SMILES string of the molecule is CCc1cncn1C1CNCCC1C. The van der Waals surface area contributed by atoms with Crippen LogP contribution in [0.1, 0.15) is 32.0 Å². The lowest BCUT2D eigenvalue weighted by Crippen LogP contribution is -2.37. The van der Waals surface area contributed by atoms with E-state index in [1.165, 1.54) is 12.1 Å². The van der Waals surface area contributed by atoms with Crippen LogP contribution in [0.2, 0.25) is 0 Å². The van der Waals surface area contributed by atoms with Gasteiger partial charge in [0.1, 0.15) is 0 Å². The van der Waals surface area contributed by atoms with E-state index in [1.54, 1.807) is 0 Å². The lowest BCUT2D eigenvalue weighted by molar-refractivity contribution is 0.270. The molecule has 0 amide bonds. The highest BCUT2D eigenvalue weighted by molar-refractivity contribution is 5.01. The Balaban J connectivity index is 2.20. The molecule has 2 unspecified atom stereocenters. The molecule has 0 saturated carbocycles. The maximum atomic E-state index is 4.24. The summed E-state index contributed by atoms with van der Waals surface area (Å²) in [6.07, 6.45) is 6.31. The second kappa shape index (κ2) is 4.13. The molecule has 1 fully saturated rings. The van der Waals surface area contributed by atoms with Crippen molar-refractivity contribution in [3.63, 3.8) is 0 Å². The first-order valence-electron chi connectivity index (χ1n) is 5.54. The summed E-state index contributed by atoms with van der Waals surface area (Å²) in [5.41, 5.74) is 1.35. The van der Waals surface area contributed by atoms with E-state index < -0.39 is 0 Å². The molecule has 0 radical (unpaired) electrons. The van der Waals surface area contributed by atoms with Gasteiger partial charge in [0, 0.05) is 24.5 Å². The summed E-state index contributed by atoms with van der Waals surface area (Å²) in [6, 6.07) is 0.598. The predicted octanol–water partition coefficient (Wildman–Crippen LogP) is 1.62. The fourth-order valence-electron chi connectivity index (χ4n) is 2.25. The molecule has 14 heavy (non-hydrogen) atoms. The van der Waals surface area contributed by atoms with Crippen LogP contribution < -0.4 is 5.32 Å². The summed E-state index contributed by atoms with van der Waals surface area (Å²) in [4.78, 5) is 4.24. The van der Waals surface area contributed by atoms with Crippen LogP contribution in [0, 0.1) is 5.92 Å². The maximum absolute atomic E-state index is 4.24. The Kier molecular flexibility index (Phi) is 2.87. The van der Waals surface area contributed by atoms with Crippen molar-refractivity contribution >= 4 is 0 Å². The van der Waals surface area contributed by atoms with Crippen molar-refractivity contribution in [2.75, 3.05) is 13.1 Å². The Morgan fingerprint density at radius 2 is 2.50 bits per heavy atom. The topological polar surface area (TPSA) is 29.9 Å². The van der Waals surface area contributed by atoms with Gasteiger partial charge in [-0.1, -0.05) is 13.8 Å². The van der Waals surface area contributed by atoms with Crippen LogP contribution in [0.5, 0.6) is 0 Å². The molecule has 0 aliphatic carbocycles. The minimum atomic E-state index is 0.598. The van der Waals surface area contributed by atoms with Crippen LogP contribution in [-0.4, -0.2) is 22.6 Å². The number of hydrogen-bond acceptors (Lipinski definition) is 2. The Hall–Kier alpha value is -0.830. The third-order valence-electron chi connectivity index (χ3n) is 3.25. The molecule has 1 aromatic heterocycles. The Bertz CT molecular complexity index is 292. The highest BCUT2D eigenvalue weighted by Gasteiger charge is 2.23. The number of hydrogen-bond donors (Lipinski definition) is 1. The van der Waals surface area contributed by atoms with Gasteiger partial charge in [-0.2, -0.15) is 0 Å². The molecule has 1 aliphatic heterocycles. The van der Waals surface area contributed by atoms with E-state index in [0.29, 0.717) is 6.04 Å². The molecule has 2 atom stereocenters. The first-order valence-corrected chi connectivity index (χ1v) is 5.54. The van der Waals surface area contributed by atoms with E-state index >= 15 is 0 Å². The van der Waals surface area contributed by atoms with Gasteiger partial charge in [0.2, 0.25) is 0 Å². The maximum Gasteiger partial charge on any atom is 0.0951 e. The molecule has 0 bridgehead atoms. The molecule has 1 aliphatic rings. The van der Waals surface area contributed by atoms with Gasteiger partial charge in [-0.25, -0.2) is 4.98 Å². The highest BCUT2D eigenvalue weighted by atomic mass is 15.1. The van der Waals surface area contributed by atoms with E-state index in [9.17, 15) is 0 Å². The van der Waals surface area contributed by atoms with Crippen molar-refractivity contribution in [2.24, 2.45) is 5.92 Å². The zero-order valence-electron chi connectivity index (χ0n) is 9.03. The Morgan fingerprint density at radius 1 is 1.64 bits per heavy atom. The normalized spacial score (nSPS) is 27.9. The van der Waals surface area contributed by atoms with Crippen molar-refractivity contribution < 1.29 is 0 Å². The monoisotopic (exact) mass is 193 g/mol. The molecule has 3 nitrogen and oxygen atoms in total. The van der Waals surface area contributed by atoms with Gasteiger partial charge in [0.05, 0.1) is 6.33 Å². The summed E-state index contributed by atoms with van der Waals surface area (Å²) in [5.74, 6) is 0.760. The van der Waals surface area contributed by atoms with Gasteiger partial charge in [-0.05, 0) is 25.3 Å². The average Bonchev–Trinajstić information content (AvgIpc) is 2.66. The second-order valence-electron chi connectivity index (χ2n) is 4.18. The summed E-state index contributed by atoms with van der Waals surface area (Å²) in [5, 5.41) is 3.46. The standard InChI is InChI=1S/C11H19N3/c1-3-10-6-13-8-14(10)11-7-12-5-4-9(11)2/h6,8-9,11-12H,3-5,7H2,1-2H3. The van der Waals surface area contributed by atoms with Crippen LogP contribution in [0.15, 0.2) is 12.5 Å². The van der Waals surface area contributed by atoms with Crippen LogP contribution in [0.3, 0.4) is 0 Å². The summed E-state index contributed by atoms with van der Waals surface area (Å²) < 4.78 is 2.34. The van der Waals surface area contributed by atoms with Crippen molar-refractivity contribution in [1.82, 2.24) is 14.9 Å². The first-order chi connectivity index (χ1) is 6.83. The third-order valence-corrected chi connectivity index (χ3v) is 3.25. The molecule has 1 aromatic rings. The van der Waals surface area contributed by atoms with E-state index in [-0.39, 0.29) is 0 Å². The molecule has 3 heteroatoms. The number of aromatic nitrogens is 2. The third kappa shape index (κ3) is 1.69. The largest absolute Gasteiger partial charge is 0.330 e. The van der Waals surface area contributed by atoms with Gasteiger partial charge in [-0.15, -0.1) is 0 Å². The second-order valence-corrected chi connectivity index (χ2v) is 4.18. The molecule has 78 valence electrons. The number of nitrogens with zero attached hydrogens (tertiary/aromatic N) is 2. The van der Waals surface area contributed by atoms with Crippen LogP contribution >= 0.6 is 0 Å². The van der Waals surface area contributed by atoms with E-state index in [1.807, 2.05) is 12.5 Å². The predicted molar refractivity (Wildman–Crippen MR) is 57.3 cm³/mol. The number of piperidine rings is 1. The van der Waals surface area contributed by atoms with Crippen molar-refractivity contribution in [2.45, 2.75) is 32.7 Å². The average molecular weight is 193 g/mol. The van der Waals surface area contributed by atoms with Crippen LogP contribution in [0.4, 0.5) is 0 Å². The first kappa shape index (κ1) is 9.71. The van der Waals surface area contributed by atoms with Crippen molar-refractivity contribution in [3.8, 4) is 0 Å². The molecular weight excluding hydrogens is 174 g/mol. The fraction of sp³-hybridized carbons (Fsp3) is 0.727. The number of aryl methyl sites for hydroxylation is 1. The number of rotatable bonds is 2. The Morgan fingerprint density at radius 3 is 3.21 bits per heavy atom. The summed E-state index contributed by atoms with van der Waals surface area (Å²) in [6.45, 7) is 6.78. The van der Waals surface area contributed by atoms with E-state index in [2.05, 4.69) is 28.7 Å². The number of imidazole rings is 1.